The molecule has 1 amide bonds. The Kier molecular flexibility index (Phi) is 3.95. The van der Waals surface area contributed by atoms with Crippen LogP contribution in [0.5, 0.6) is 0 Å². The van der Waals surface area contributed by atoms with Gasteiger partial charge in [0.05, 0.1) is 4.88 Å². The molecule has 1 saturated heterocycles. The van der Waals surface area contributed by atoms with Gasteiger partial charge in [-0.3, -0.25) is 9.69 Å². The highest BCUT2D eigenvalue weighted by Crippen LogP contribution is 2.35. The summed E-state index contributed by atoms with van der Waals surface area (Å²) in [6.45, 7) is 2.73. The number of likely N-dealkylation sites (tertiary alicyclic amines) is 1. The molecule has 0 unspecified atom stereocenters. The van der Waals surface area contributed by atoms with Crippen molar-refractivity contribution in [2.45, 2.75) is 31.8 Å². The van der Waals surface area contributed by atoms with Crippen molar-refractivity contribution in [3.05, 3.63) is 57.3 Å². The van der Waals surface area contributed by atoms with E-state index < -0.39 is 0 Å². The minimum Gasteiger partial charge on any atom is -0.333 e. The number of amides is 1. The van der Waals surface area contributed by atoms with Gasteiger partial charge in [-0.05, 0) is 56.1 Å². The van der Waals surface area contributed by atoms with Gasteiger partial charge in [-0.2, -0.15) is 0 Å². The fourth-order valence-electron chi connectivity index (χ4n) is 3.74. The zero-order chi connectivity index (χ0) is 15.8. The summed E-state index contributed by atoms with van der Waals surface area (Å²) in [4.78, 5) is 19.5. The number of thiophene rings is 1. The lowest BCUT2D eigenvalue weighted by Gasteiger charge is -2.28. The minimum atomic E-state index is 0.191. The first kappa shape index (κ1) is 14.9. The van der Waals surface area contributed by atoms with E-state index in [1.165, 1.54) is 28.8 Å². The molecule has 0 N–H and O–H groups in total. The lowest BCUT2D eigenvalue weighted by atomic mass is 10.00. The molecule has 0 spiro atoms. The molecule has 4 rings (SSSR count). The SMILES string of the molecule is CN1CCC[C@H]1c1ccc(C(=O)N2CCc3ccccc3C2)s1. The van der Waals surface area contributed by atoms with Crippen LogP contribution in [0.3, 0.4) is 0 Å². The van der Waals surface area contributed by atoms with Gasteiger partial charge in [0.15, 0.2) is 0 Å². The van der Waals surface area contributed by atoms with Crippen LogP contribution in [0.15, 0.2) is 36.4 Å². The van der Waals surface area contributed by atoms with E-state index >= 15 is 0 Å². The number of benzene rings is 1. The van der Waals surface area contributed by atoms with Crippen molar-refractivity contribution in [1.82, 2.24) is 9.80 Å². The van der Waals surface area contributed by atoms with Crippen LogP contribution in [0.4, 0.5) is 0 Å². The van der Waals surface area contributed by atoms with Gasteiger partial charge in [0.25, 0.3) is 5.91 Å². The summed E-state index contributed by atoms with van der Waals surface area (Å²) >= 11 is 1.68. The van der Waals surface area contributed by atoms with Crippen LogP contribution in [0, 0.1) is 0 Å². The van der Waals surface area contributed by atoms with Crippen LogP contribution >= 0.6 is 11.3 Å². The summed E-state index contributed by atoms with van der Waals surface area (Å²) in [5.41, 5.74) is 2.68. The average molecular weight is 326 g/mol. The van der Waals surface area contributed by atoms with Crippen molar-refractivity contribution < 1.29 is 4.79 Å². The molecular formula is C19H22N2OS. The Morgan fingerprint density at radius 1 is 1.13 bits per heavy atom. The first-order valence-corrected chi connectivity index (χ1v) is 9.20. The lowest BCUT2D eigenvalue weighted by Crippen LogP contribution is -2.35. The molecule has 4 heteroatoms. The van der Waals surface area contributed by atoms with Gasteiger partial charge in [0.2, 0.25) is 0 Å². The van der Waals surface area contributed by atoms with Crippen LogP contribution < -0.4 is 0 Å². The van der Waals surface area contributed by atoms with E-state index in [-0.39, 0.29) is 5.91 Å². The maximum Gasteiger partial charge on any atom is 0.264 e. The molecule has 2 aliphatic rings. The van der Waals surface area contributed by atoms with Gasteiger partial charge in [-0.1, -0.05) is 24.3 Å². The second-order valence-electron chi connectivity index (χ2n) is 6.59. The van der Waals surface area contributed by atoms with Gasteiger partial charge in [0, 0.05) is 24.0 Å². The van der Waals surface area contributed by atoms with Crippen molar-refractivity contribution in [2.75, 3.05) is 20.1 Å². The Balaban J connectivity index is 1.51. The Labute approximate surface area is 141 Å². The number of nitrogens with zero attached hydrogens (tertiary/aromatic N) is 2. The Morgan fingerprint density at radius 2 is 1.96 bits per heavy atom. The second-order valence-corrected chi connectivity index (χ2v) is 7.70. The third kappa shape index (κ3) is 2.81. The first-order chi connectivity index (χ1) is 11.2. The minimum absolute atomic E-state index is 0.191. The van der Waals surface area contributed by atoms with E-state index in [1.54, 1.807) is 11.3 Å². The molecule has 0 radical (unpaired) electrons. The van der Waals surface area contributed by atoms with Crippen molar-refractivity contribution in [2.24, 2.45) is 0 Å². The predicted octanol–water partition coefficient (Wildman–Crippen LogP) is 3.71. The molecule has 1 atom stereocenters. The number of fused-ring (bicyclic) bond motifs is 1. The molecule has 0 bridgehead atoms. The number of carbonyl (C=O) groups excluding carboxylic acids is 1. The topological polar surface area (TPSA) is 23.6 Å². The van der Waals surface area contributed by atoms with E-state index in [2.05, 4.69) is 42.3 Å². The van der Waals surface area contributed by atoms with Crippen molar-refractivity contribution in [3.8, 4) is 0 Å². The Morgan fingerprint density at radius 3 is 2.74 bits per heavy atom. The molecule has 3 heterocycles. The van der Waals surface area contributed by atoms with Crippen LogP contribution in [0.2, 0.25) is 0 Å². The van der Waals surface area contributed by atoms with Gasteiger partial charge in [0.1, 0.15) is 0 Å². The number of carbonyl (C=O) groups is 1. The molecule has 3 nitrogen and oxygen atoms in total. The maximum absolute atomic E-state index is 12.8. The van der Waals surface area contributed by atoms with E-state index in [1.807, 2.05) is 11.0 Å². The molecule has 1 fully saturated rings. The average Bonchev–Trinajstić information content (AvgIpc) is 3.22. The van der Waals surface area contributed by atoms with Crippen molar-refractivity contribution in [3.63, 3.8) is 0 Å². The highest BCUT2D eigenvalue weighted by molar-refractivity contribution is 7.14. The van der Waals surface area contributed by atoms with Crippen molar-refractivity contribution in [1.29, 1.82) is 0 Å². The van der Waals surface area contributed by atoms with Crippen LogP contribution in [0.1, 0.15) is 44.6 Å². The summed E-state index contributed by atoms with van der Waals surface area (Å²) in [7, 11) is 2.18. The van der Waals surface area contributed by atoms with Gasteiger partial charge in [-0.25, -0.2) is 0 Å². The summed E-state index contributed by atoms with van der Waals surface area (Å²) in [6.07, 6.45) is 3.43. The van der Waals surface area contributed by atoms with Crippen LogP contribution in [-0.4, -0.2) is 35.8 Å². The second kappa shape index (κ2) is 6.10. The Bertz CT molecular complexity index is 724. The predicted molar refractivity (Wildman–Crippen MR) is 93.8 cm³/mol. The number of hydrogen-bond acceptors (Lipinski definition) is 3. The molecule has 2 aliphatic heterocycles. The molecule has 1 aromatic carbocycles. The standard InChI is InChI=1S/C19H22N2OS/c1-20-11-4-7-16(20)17-8-9-18(23-17)19(22)21-12-10-14-5-2-3-6-15(14)13-21/h2-3,5-6,8-9,16H,4,7,10-13H2,1H3/t16-/m0/s1. The van der Waals surface area contributed by atoms with Crippen LogP contribution in [0.25, 0.3) is 0 Å². The largest absolute Gasteiger partial charge is 0.333 e. The third-order valence-electron chi connectivity index (χ3n) is 5.10. The fraction of sp³-hybridized carbons (Fsp3) is 0.421. The zero-order valence-electron chi connectivity index (χ0n) is 13.5. The van der Waals surface area contributed by atoms with Crippen molar-refractivity contribution >= 4 is 17.2 Å². The van der Waals surface area contributed by atoms with E-state index in [0.29, 0.717) is 6.04 Å². The number of rotatable bonds is 2. The highest BCUT2D eigenvalue weighted by atomic mass is 32.1. The summed E-state index contributed by atoms with van der Waals surface area (Å²) < 4.78 is 0. The van der Waals surface area contributed by atoms with Crippen LogP contribution in [-0.2, 0) is 13.0 Å². The van der Waals surface area contributed by atoms with E-state index in [0.717, 1.165) is 30.9 Å². The summed E-state index contributed by atoms with van der Waals surface area (Å²) in [5.74, 6) is 0.191. The molecule has 1 aromatic heterocycles. The third-order valence-corrected chi connectivity index (χ3v) is 6.28. The smallest absolute Gasteiger partial charge is 0.264 e. The maximum atomic E-state index is 12.8. The first-order valence-electron chi connectivity index (χ1n) is 8.38. The van der Waals surface area contributed by atoms with E-state index in [4.69, 9.17) is 0 Å². The quantitative estimate of drug-likeness (QED) is 0.840. The van der Waals surface area contributed by atoms with Gasteiger partial charge < -0.3 is 4.90 Å². The molecule has 120 valence electrons. The normalized spacial score (nSPS) is 21.4. The monoisotopic (exact) mass is 326 g/mol. The fourth-order valence-corrected chi connectivity index (χ4v) is 4.92. The molecule has 0 saturated carbocycles. The summed E-state index contributed by atoms with van der Waals surface area (Å²) in [6, 6.07) is 13.1. The molecular weight excluding hydrogens is 304 g/mol. The zero-order valence-corrected chi connectivity index (χ0v) is 14.3. The van der Waals surface area contributed by atoms with Gasteiger partial charge in [-0.15, -0.1) is 11.3 Å². The summed E-state index contributed by atoms with van der Waals surface area (Å²) in [5, 5.41) is 0. The molecule has 2 aromatic rings. The molecule has 23 heavy (non-hydrogen) atoms. The highest BCUT2D eigenvalue weighted by Gasteiger charge is 2.27. The lowest BCUT2D eigenvalue weighted by molar-refractivity contribution is 0.0739. The Hall–Kier alpha value is -1.65. The number of hydrogen-bond donors (Lipinski definition) is 0. The molecule has 0 aliphatic carbocycles. The van der Waals surface area contributed by atoms with Gasteiger partial charge >= 0.3 is 0 Å². The van der Waals surface area contributed by atoms with E-state index in [9.17, 15) is 4.79 Å².